The van der Waals surface area contributed by atoms with E-state index in [4.69, 9.17) is 4.52 Å². The molecule has 0 fully saturated rings. The Bertz CT molecular complexity index is 188. The lowest BCUT2D eigenvalue weighted by atomic mass is 10.1. The highest BCUT2D eigenvalue weighted by atomic mass is 31.1. The maximum absolute atomic E-state index is 5.57. The Balaban J connectivity index is 4.16. The van der Waals surface area contributed by atoms with Gasteiger partial charge in [0.2, 0.25) is 0 Å². The lowest BCUT2D eigenvalue weighted by molar-refractivity contribution is 0.240. The topological polar surface area (TPSA) is 24.5 Å². The molecule has 0 aliphatic heterocycles. The Morgan fingerprint density at radius 2 is 1.71 bits per heavy atom. The van der Waals surface area contributed by atoms with Gasteiger partial charge in [-0.05, 0) is 41.0 Å². The van der Waals surface area contributed by atoms with Crippen molar-refractivity contribution >= 4 is 8.96 Å². The van der Waals surface area contributed by atoms with Crippen molar-refractivity contribution in [3.05, 3.63) is 0 Å². The van der Waals surface area contributed by atoms with Gasteiger partial charge in [-0.2, -0.15) is 0 Å². The Morgan fingerprint density at radius 3 is 2.12 bits per heavy atom. The second-order valence-electron chi connectivity index (χ2n) is 5.33. The molecule has 0 bridgehead atoms. The normalized spacial score (nSPS) is 16.6. The molecule has 3 unspecified atom stereocenters. The molecule has 4 heteroatoms. The molecule has 0 aliphatic carbocycles. The van der Waals surface area contributed by atoms with Crippen LogP contribution < -0.4 is 5.32 Å². The molecule has 0 saturated heterocycles. The molecule has 1 N–H and O–H groups in total. The zero-order chi connectivity index (χ0) is 13.4. The first-order valence-electron chi connectivity index (χ1n) is 6.80. The van der Waals surface area contributed by atoms with E-state index in [-0.39, 0.29) is 0 Å². The predicted molar refractivity (Wildman–Crippen MR) is 78.7 cm³/mol. The summed E-state index contributed by atoms with van der Waals surface area (Å²) in [6.45, 7) is 16.3. The van der Waals surface area contributed by atoms with Gasteiger partial charge in [-0.25, -0.2) is 0 Å². The van der Waals surface area contributed by atoms with Crippen molar-refractivity contribution < 1.29 is 4.52 Å². The predicted octanol–water partition coefficient (Wildman–Crippen LogP) is 3.41. The molecule has 17 heavy (non-hydrogen) atoms. The van der Waals surface area contributed by atoms with E-state index in [1.807, 2.05) is 0 Å². The highest BCUT2D eigenvalue weighted by molar-refractivity contribution is 7.29. The Labute approximate surface area is 110 Å². The van der Waals surface area contributed by atoms with E-state index in [9.17, 15) is 0 Å². The fourth-order valence-corrected chi connectivity index (χ4v) is 2.88. The summed E-state index contributed by atoms with van der Waals surface area (Å²) in [5.74, 6) is 0. The van der Waals surface area contributed by atoms with E-state index in [1.54, 1.807) is 0 Å². The molecule has 0 heterocycles. The van der Waals surface area contributed by atoms with Crippen LogP contribution in [0.25, 0.3) is 0 Å². The van der Waals surface area contributed by atoms with Crippen molar-refractivity contribution in [2.75, 3.05) is 6.61 Å². The molecule has 0 aromatic carbocycles. The maximum atomic E-state index is 5.57. The third-order valence-electron chi connectivity index (χ3n) is 2.66. The summed E-state index contributed by atoms with van der Waals surface area (Å²) in [5.41, 5.74) is 0. The smallest absolute Gasteiger partial charge is 0.0893 e. The monoisotopic (exact) mass is 262 g/mol. The highest BCUT2D eigenvalue weighted by Crippen LogP contribution is 2.27. The van der Waals surface area contributed by atoms with E-state index in [0.717, 1.165) is 13.0 Å². The molecule has 0 rings (SSSR count). The van der Waals surface area contributed by atoms with Gasteiger partial charge in [-0.3, -0.25) is 4.67 Å². The summed E-state index contributed by atoms with van der Waals surface area (Å²) in [6, 6.07) is 2.21. The molecule has 0 aromatic heterocycles. The van der Waals surface area contributed by atoms with E-state index in [1.165, 1.54) is 0 Å². The summed E-state index contributed by atoms with van der Waals surface area (Å²) in [4.78, 5) is 0. The Morgan fingerprint density at radius 1 is 1.12 bits per heavy atom. The third-order valence-corrected chi connectivity index (χ3v) is 4.24. The highest BCUT2D eigenvalue weighted by Gasteiger charge is 2.19. The molecule has 0 spiro atoms. The van der Waals surface area contributed by atoms with Gasteiger partial charge >= 0.3 is 0 Å². The van der Waals surface area contributed by atoms with Crippen molar-refractivity contribution in [3.8, 4) is 0 Å². The first kappa shape index (κ1) is 17.3. The SMILES string of the molecule is CCOPN(C(C)C)C(C)CC(C)NC(C)C. The average molecular weight is 262 g/mol. The fourth-order valence-electron chi connectivity index (χ4n) is 2.11. The second-order valence-corrected chi connectivity index (χ2v) is 6.32. The zero-order valence-electron chi connectivity index (χ0n) is 12.6. The molecule has 104 valence electrons. The molecule has 0 aromatic rings. The van der Waals surface area contributed by atoms with Crippen LogP contribution in [0.4, 0.5) is 0 Å². The first-order chi connectivity index (χ1) is 7.88. The quantitative estimate of drug-likeness (QED) is 0.644. The average Bonchev–Trinajstić information content (AvgIpc) is 2.15. The van der Waals surface area contributed by atoms with Crippen molar-refractivity contribution in [2.45, 2.75) is 79.1 Å². The van der Waals surface area contributed by atoms with Crippen LogP contribution in [-0.2, 0) is 4.52 Å². The lowest BCUT2D eigenvalue weighted by Gasteiger charge is -2.33. The van der Waals surface area contributed by atoms with Gasteiger partial charge in [0, 0.05) is 30.8 Å². The summed E-state index contributed by atoms with van der Waals surface area (Å²) in [5, 5.41) is 3.56. The second kappa shape index (κ2) is 9.27. The van der Waals surface area contributed by atoms with Gasteiger partial charge in [0.1, 0.15) is 0 Å². The maximum Gasteiger partial charge on any atom is 0.0893 e. The van der Waals surface area contributed by atoms with Gasteiger partial charge in [0.25, 0.3) is 0 Å². The largest absolute Gasteiger partial charge is 0.347 e. The van der Waals surface area contributed by atoms with Crippen LogP contribution in [0.1, 0.15) is 54.9 Å². The Kier molecular flexibility index (Phi) is 9.44. The zero-order valence-corrected chi connectivity index (χ0v) is 13.6. The van der Waals surface area contributed by atoms with E-state index >= 15 is 0 Å². The summed E-state index contributed by atoms with van der Waals surface area (Å²) in [6.07, 6.45) is 1.16. The summed E-state index contributed by atoms with van der Waals surface area (Å²) >= 11 is 0. The molecule has 0 radical (unpaired) electrons. The molecule has 3 nitrogen and oxygen atoms in total. The molecular weight excluding hydrogens is 231 g/mol. The lowest BCUT2D eigenvalue weighted by Crippen LogP contribution is -2.40. The van der Waals surface area contributed by atoms with Crippen LogP contribution in [0.3, 0.4) is 0 Å². The standard InChI is InChI=1S/C13H31N2OP/c1-8-16-17-15(11(4)5)13(7)9-12(6)14-10(2)3/h10-14,17H,8-9H2,1-7H3. The minimum Gasteiger partial charge on any atom is -0.347 e. The minimum absolute atomic E-state index is 0.485. The van der Waals surface area contributed by atoms with Crippen LogP contribution in [-0.4, -0.2) is 35.4 Å². The van der Waals surface area contributed by atoms with Gasteiger partial charge in [0.05, 0.1) is 8.96 Å². The van der Waals surface area contributed by atoms with Gasteiger partial charge in [0.15, 0.2) is 0 Å². The van der Waals surface area contributed by atoms with Gasteiger partial charge in [-0.1, -0.05) is 13.8 Å². The van der Waals surface area contributed by atoms with Crippen molar-refractivity contribution in [1.82, 2.24) is 9.99 Å². The summed E-state index contributed by atoms with van der Waals surface area (Å²) < 4.78 is 8.02. The van der Waals surface area contributed by atoms with Crippen LogP contribution in [0.5, 0.6) is 0 Å². The molecular formula is C13H31N2OP. The fraction of sp³-hybridized carbons (Fsp3) is 1.00. The van der Waals surface area contributed by atoms with Crippen molar-refractivity contribution in [2.24, 2.45) is 0 Å². The van der Waals surface area contributed by atoms with E-state index < -0.39 is 0 Å². The van der Waals surface area contributed by atoms with Crippen molar-refractivity contribution in [1.29, 1.82) is 0 Å². The summed E-state index contributed by atoms with van der Waals surface area (Å²) in [7, 11) is 0.485. The van der Waals surface area contributed by atoms with Gasteiger partial charge < -0.3 is 9.84 Å². The Hall–Kier alpha value is 0.310. The molecule has 0 saturated carbocycles. The van der Waals surface area contributed by atoms with Crippen LogP contribution >= 0.6 is 8.96 Å². The first-order valence-corrected chi connectivity index (χ1v) is 7.65. The minimum atomic E-state index is 0.485. The molecule has 0 amide bonds. The number of nitrogens with one attached hydrogen (secondary N) is 1. The molecule has 0 aliphatic rings. The third kappa shape index (κ3) is 8.10. The number of nitrogens with zero attached hydrogens (tertiary/aromatic N) is 1. The number of hydrogen-bond acceptors (Lipinski definition) is 3. The van der Waals surface area contributed by atoms with Crippen LogP contribution in [0.2, 0.25) is 0 Å². The van der Waals surface area contributed by atoms with Crippen LogP contribution in [0.15, 0.2) is 0 Å². The van der Waals surface area contributed by atoms with Crippen molar-refractivity contribution in [3.63, 3.8) is 0 Å². The van der Waals surface area contributed by atoms with Gasteiger partial charge in [-0.15, -0.1) is 0 Å². The van der Waals surface area contributed by atoms with E-state index in [0.29, 0.717) is 33.1 Å². The van der Waals surface area contributed by atoms with Crippen LogP contribution in [0, 0.1) is 0 Å². The number of hydrogen-bond donors (Lipinski definition) is 1. The number of rotatable bonds is 9. The molecule has 3 atom stereocenters. The van der Waals surface area contributed by atoms with E-state index in [2.05, 4.69) is 58.5 Å².